The Kier molecular flexibility index (Phi) is 5.58. The highest BCUT2D eigenvalue weighted by atomic mass is 19.4. The van der Waals surface area contributed by atoms with Gasteiger partial charge in [-0.1, -0.05) is 30.4 Å². The van der Waals surface area contributed by atoms with E-state index >= 15 is 0 Å². The number of halogens is 4. The molecular formula is C19H11F4NO2. The van der Waals surface area contributed by atoms with E-state index in [0.29, 0.717) is 16.7 Å². The van der Waals surface area contributed by atoms with Crippen LogP contribution in [-0.4, -0.2) is 11.1 Å². The summed E-state index contributed by atoms with van der Waals surface area (Å²) in [5, 5.41) is 17.6. The van der Waals surface area contributed by atoms with Crippen molar-refractivity contribution >= 4 is 11.5 Å². The number of allylic oxidation sites excluding steroid dienone is 2. The molecule has 0 saturated heterocycles. The van der Waals surface area contributed by atoms with E-state index in [0.717, 1.165) is 24.3 Å². The van der Waals surface area contributed by atoms with E-state index in [2.05, 4.69) is 0 Å². The van der Waals surface area contributed by atoms with Crippen LogP contribution in [0, 0.1) is 17.1 Å². The summed E-state index contributed by atoms with van der Waals surface area (Å²) in [6.07, 6.45) is -1.08. The van der Waals surface area contributed by atoms with Gasteiger partial charge < -0.3 is 5.11 Å². The number of nitrogens with zero attached hydrogens (tertiary/aromatic N) is 1. The van der Waals surface area contributed by atoms with Crippen molar-refractivity contribution in [1.29, 1.82) is 5.26 Å². The molecule has 0 aromatic heterocycles. The number of alkyl halides is 3. The zero-order chi connectivity index (χ0) is 19.3. The zero-order valence-corrected chi connectivity index (χ0v) is 13.1. The summed E-state index contributed by atoms with van der Waals surface area (Å²) in [4.78, 5) is 10.6. The van der Waals surface area contributed by atoms with Gasteiger partial charge in [-0.25, -0.2) is 9.18 Å². The summed E-state index contributed by atoms with van der Waals surface area (Å²) < 4.78 is 51.6. The van der Waals surface area contributed by atoms with Gasteiger partial charge in [0.1, 0.15) is 11.9 Å². The SMILES string of the molecule is N#Cc1cc(C(=CC=CC(=O)O)c2ccc(C(F)(F)F)cc2)ccc1F. The smallest absolute Gasteiger partial charge is 0.416 e. The van der Waals surface area contributed by atoms with Gasteiger partial charge in [0.2, 0.25) is 0 Å². The first kappa shape index (κ1) is 18.9. The third kappa shape index (κ3) is 4.57. The molecule has 0 amide bonds. The van der Waals surface area contributed by atoms with Crippen LogP contribution in [0.2, 0.25) is 0 Å². The fourth-order valence-electron chi connectivity index (χ4n) is 2.20. The van der Waals surface area contributed by atoms with E-state index in [1.54, 1.807) is 6.07 Å². The topological polar surface area (TPSA) is 61.1 Å². The number of hydrogen-bond acceptors (Lipinski definition) is 2. The van der Waals surface area contributed by atoms with Crippen molar-refractivity contribution in [2.75, 3.05) is 0 Å². The number of benzene rings is 2. The molecule has 0 saturated carbocycles. The molecule has 0 aliphatic heterocycles. The molecule has 2 rings (SSSR count). The fraction of sp³-hybridized carbons (Fsp3) is 0.0526. The van der Waals surface area contributed by atoms with Crippen LogP contribution in [0.25, 0.3) is 5.57 Å². The highest BCUT2D eigenvalue weighted by Crippen LogP contribution is 2.31. The fourth-order valence-corrected chi connectivity index (χ4v) is 2.20. The average molecular weight is 361 g/mol. The molecule has 0 unspecified atom stereocenters. The van der Waals surface area contributed by atoms with Crippen LogP contribution >= 0.6 is 0 Å². The minimum absolute atomic E-state index is 0.234. The molecular weight excluding hydrogens is 350 g/mol. The first-order chi connectivity index (χ1) is 12.2. The van der Waals surface area contributed by atoms with Crippen LogP contribution in [0.3, 0.4) is 0 Å². The summed E-state index contributed by atoms with van der Waals surface area (Å²) in [6, 6.07) is 9.56. The first-order valence-electron chi connectivity index (χ1n) is 7.21. The van der Waals surface area contributed by atoms with Gasteiger partial charge in [-0.05, 0) is 41.0 Å². The highest BCUT2D eigenvalue weighted by Gasteiger charge is 2.30. The molecule has 0 aliphatic rings. The third-order valence-electron chi connectivity index (χ3n) is 3.42. The van der Waals surface area contributed by atoms with Crippen molar-refractivity contribution in [3.05, 3.63) is 88.8 Å². The summed E-state index contributed by atoms with van der Waals surface area (Å²) in [7, 11) is 0. The van der Waals surface area contributed by atoms with Gasteiger partial charge in [0.25, 0.3) is 0 Å². The van der Waals surface area contributed by atoms with Gasteiger partial charge in [0.15, 0.2) is 0 Å². The number of aliphatic carboxylic acids is 1. The molecule has 26 heavy (non-hydrogen) atoms. The van der Waals surface area contributed by atoms with Crippen LogP contribution in [0.4, 0.5) is 17.6 Å². The molecule has 0 fully saturated rings. The Bertz CT molecular complexity index is 920. The van der Waals surface area contributed by atoms with Gasteiger partial charge in [0, 0.05) is 6.08 Å². The molecule has 0 atom stereocenters. The standard InChI is InChI=1S/C19H11F4NO2/c20-17-9-6-13(10-14(17)11-24)16(2-1-3-18(25)26)12-4-7-15(8-5-12)19(21,22)23/h1-10H,(H,25,26). The summed E-state index contributed by atoms with van der Waals surface area (Å²) in [5.41, 5.74) is -0.0185. The number of carboxylic acids is 1. The molecule has 3 nitrogen and oxygen atoms in total. The van der Waals surface area contributed by atoms with E-state index < -0.39 is 23.5 Å². The highest BCUT2D eigenvalue weighted by molar-refractivity contribution is 5.84. The number of nitriles is 1. The maximum Gasteiger partial charge on any atom is 0.416 e. The molecule has 0 bridgehead atoms. The molecule has 0 radical (unpaired) electrons. The minimum Gasteiger partial charge on any atom is -0.478 e. The first-order valence-corrected chi connectivity index (χ1v) is 7.21. The Balaban J connectivity index is 2.55. The van der Waals surface area contributed by atoms with Crippen LogP contribution < -0.4 is 0 Å². The lowest BCUT2D eigenvalue weighted by atomic mass is 9.95. The predicted octanol–water partition coefficient (Wildman–Crippen LogP) is 4.79. The van der Waals surface area contributed by atoms with E-state index in [1.807, 2.05) is 0 Å². The Hall–Kier alpha value is -3.40. The molecule has 0 heterocycles. The minimum atomic E-state index is -4.49. The van der Waals surface area contributed by atoms with Gasteiger partial charge in [-0.3, -0.25) is 0 Å². The van der Waals surface area contributed by atoms with E-state index in [1.165, 1.54) is 36.4 Å². The number of rotatable bonds is 4. The van der Waals surface area contributed by atoms with Crippen LogP contribution in [0.15, 0.2) is 60.7 Å². The number of carboxylic acid groups (broad SMARTS) is 1. The molecule has 1 N–H and O–H groups in total. The maximum atomic E-state index is 13.5. The van der Waals surface area contributed by atoms with E-state index in [9.17, 15) is 22.4 Å². The van der Waals surface area contributed by atoms with Crippen LogP contribution in [0.5, 0.6) is 0 Å². The summed E-state index contributed by atoms with van der Waals surface area (Å²) in [5.74, 6) is -1.94. The Morgan fingerprint density at radius 1 is 1.08 bits per heavy atom. The van der Waals surface area contributed by atoms with Crippen molar-refractivity contribution in [3.63, 3.8) is 0 Å². The lowest BCUT2D eigenvalue weighted by Gasteiger charge is -2.11. The van der Waals surface area contributed by atoms with Crippen LogP contribution in [-0.2, 0) is 11.0 Å². The quantitative estimate of drug-likeness (QED) is 0.484. The van der Waals surface area contributed by atoms with Crippen molar-refractivity contribution < 1.29 is 27.5 Å². The van der Waals surface area contributed by atoms with Gasteiger partial charge in [-0.15, -0.1) is 0 Å². The summed E-state index contributed by atoms with van der Waals surface area (Å²) in [6.45, 7) is 0. The monoisotopic (exact) mass is 361 g/mol. The van der Waals surface area contributed by atoms with Crippen molar-refractivity contribution in [1.82, 2.24) is 0 Å². The van der Waals surface area contributed by atoms with Crippen LogP contribution in [0.1, 0.15) is 22.3 Å². The van der Waals surface area contributed by atoms with E-state index in [4.69, 9.17) is 10.4 Å². The second-order valence-corrected chi connectivity index (χ2v) is 5.16. The largest absolute Gasteiger partial charge is 0.478 e. The number of hydrogen-bond donors (Lipinski definition) is 1. The van der Waals surface area contributed by atoms with E-state index in [-0.39, 0.29) is 5.56 Å². The van der Waals surface area contributed by atoms with Crippen molar-refractivity contribution in [3.8, 4) is 6.07 Å². The maximum absolute atomic E-state index is 13.5. The third-order valence-corrected chi connectivity index (χ3v) is 3.42. The van der Waals surface area contributed by atoms with Crippen molar-refractivity contribution in [2.24, 2.45) is 0 Å². The molecule has 132 valence electrons. The Morgan fingerprint density at radius 3 is 2.23 bits per heavy atom. The average Bonchev–Trinajstić information content (AvgIpc) is 2.59. The van der Waals surface area contributed by atoms with Crippen molar-refractivity contribution in [2.45, 2.75) is 6.18 Å². The molecule has 7 heteroatoms. The predicted molar refractivity (Wildman–Crippen MR) is 86.4 cm³/mol. The van der Waals surface area contributed by atoms with Gasteiger partial charge >= 0.3 is 12.1 Å². The normalized spacial score (nSPS) is 12.2. The second kappa shape index (κ2) is 7.66. The van der Waals surface area contributed by atoms with Gasteiger partial charge in [0.05, 0.1) is 11.1 Å². The Labute approximate surface area is 146 Å². The Morgan fingerprint density at radius 2 is 1.69 bits per heavy atom. The zero-order valence-electron chi connectivity index (χ0n) is 13.1. The molecule has 0 spiro atoms. The molecule has 2 aromatic carbocycles. The lowest BCUT2D eigenvalue weighted by Crippen LogP contribution is -2.04. The number of carbonyl (C=O) groups is 1. The van der Waals surface area contributed by atoms with Gasteiger partial charge in [-0.2, -0.15) is 18.4 Å². The molecule has 0 aliphatic carbocycles. The molecule has 2 aromatic rings. The lowest BCUT2D eigenvalue weighted by molar-refractivity contribution is -0.137. The second-order valence-electron chi connectivity index (χ2n) is 5.16. The summed E-state index contributed by atoms with van der Waals surface area (Å²) >= 11 is 0.